The van der Waals surface area contributed by atoms with Crippen molar-refractivity contribution in [3.05, 3.63) is 160 Å². The summed E-state index contributed by atoms with van der Waals surface area (Å²) in [6.07, 6.45) is 11.5. The summed E-state index contributed by atoms with van der Waals surface area (Å²) in [5, 5.41) is 5.94. The second kappa shape index (κ2) is 23.6. The molecule has 0 saturated carbocycles. The van der Waals surface area contributed by atoms with E-state index in [0.29, 0.717) is 0 Å². The maximum absolute atomic E-state index is 3.60. The fraction of sp³-hybridized carbons (Fsp3) is 0.189. The van der Waals surface area contributed by atoms with Gasteiger partial charge in [0, 0.05) is 0 Å². The van der Waals surface area contributed by atoms with E-state index >= 15 is 0 Å². The second-order valence-corrected chi connectivity index (χ2v) is 13.5. The van der Waals surface area contributed by atoms with Gasteiger partial charge >= 0.3 is 21.1 Å². The molecule has 40 heavy (non-hydrogen) atoms. The third-order valence-electron chi connectivity index (χ3n) is 5.85. The molecule has 4 aromatic rings. The zero-order chi connectivity index (χ0) is 28.0. The summed E-state index contributed by atoms with van der Waals surface area (Å²) < 4.78 is 0. The number of rotatable bonds is 12. The summed E-state index contributed by atoms with van der Waals surface area (Å²) in [7, 11) is -0.618. The Morgan fingerprint density at radius 1 is 0.475 bits per heavy atom. The molecule has 212 valence electrons. The van der Waals surface area contributed by atoms with Crippen molar-refractivity contribution in [2.75, 3.05) is 12.3 Å². The molecule has 4 aromatic carbocycles. The molecule has 0 nitrogen and oxygen atoms in total. The standard InChI is InChI=1S/C27H26P2.2C5H9.Pt/c1-5-14-24(15-6-1)28(25-16-7-2-8-17-25)22-13-23-29(26-18-9-3-10-19-26)27-20-11-4-12-21-27;2*1-3-5-4-2;/h1-12,14-21H,13,22-23H2;2*3H,1-2,4-5H2;/q;2*-1;+2. The van der Waals surface area contributed by atoms with E-state index in [1.54, 1.807) is 0 Å². The van der Waals surface area contributed by atoms with Gasteiger partial charge in [0.25, 0.3) is 0 Å². The first kappa shape index (κ1) is 35.9. The molecule has 0 N–H and O–H groups in total. The van der Waals surface area contributed by atoms with Crippen LogP contribution in [0.2, 0.25) is 0 Å². The fourth-order valence-corrected chi connectivity index (χ4v) is 8.88. The van der Waals surface area contributed by atoms with E-state index in [2.05, 4.69) is 148 Å². The van der Waals surface area contributed by atoms with Crippen LogP contribution in [0.3, 0.4) is 0 Å². The molecule has 0 heterocycles. The van der Waals surface area contributed by atoms with Crippen molar-refractivity contribution in [3.8, 4) is 0 Å². The van der Waals surface area contributed by atoms with E-state index in [1.165, 1.54) is 40.0 Å². The minimum absolute atomic E-state index is 0. The van der Waals surface area contributed by atoms with Crippen LogP contribution in [0.4, 0.5) is 0 Å². The van der Waals surface area contributed by atoms with Gasteiger partial charge in [0.1, 0.15) is 0 Å². The zero-order valence-electron chi connectivity index (χ0n) is 23.7. The Labute approximate surface area is 261 Å². The van der Waals surface area contributed by atoms with Crippen LogP contribution in [0.25, 0.3) is 0 Å². The number of hydrogen-bond donors (Lipinski definition) is 0. The SMILES string of the molecule is C=CCC[CH2-].C=CCC[CH2-].[Pt+2].c1ccc(P(CCCP(c2ccccc2)c2ccccc2)c2ccccc2)cc1. The first-order chi connectivity index (χ1) is 19.2. The zero-order valence-corrected chi connectivity index (χ0v) is 27.8. The number of allylic oxidation sites excluding steroid dienone is 2. The van der Waals surface area contributed by atoms with Gasteiger partial charge in [0.15, 0.2) is 0 Å². The van der Waals surface area contributed by atoms with Gasteiger partial charge in [-0.3, -0.25) is 0 Å². The number of hydrogen-bond acceptors (Lipinski definition) is 0. The Balaban J connectivity index is 0.000000628. The van der Waals surface area contributed by atoms with Gasteiger partial charge in [-0.15, -0.1) is 13.2 Å². The molecule has 0 aliphatic heterocycles. The topological polar surface area (TPSA) is 0 Å². The van der Waals surface area contributed by atoms with Crippen molar-refractivity contribution in [3.63, 3.8) is 0 Å². The first-order valence-electron chi connectivity index (χ1n) is 13.8. The van der Waals surface area contributed by atoms with Gasteiger partial charge in [-0.05, 0) is 55.8 Å². The molecular weight excluding hydrogens is 701 g/mol. The van der Waals surface area contributed by atoms with Crippen LogP contribution in [0.15, 0.2) is 147 Å². The third-order valence-corrected chi connectivity index (χ3v) is 11.1. The minimum Gasteiger partial charge on any atom is -0.343 e. The van der Waals surface area contributed by atoms with E-state index in [0.717, 1.165) is 25.7 Å². The van der Waals surface area contributed by atoms with Crippen LogP contribution in [0.5, 0.6) is 0 Å². The van der Waals surface area contributed by atoms with E-state index in [9.17, 15) is 0 Å². The summed E-state index contributed by atoms with van der Waals surface area (Å²) in [5.41, 5.74) is 0. The minimum atomic E-state index is -0.309. The molecule has 0 amide bonds. The van der Waals surface area contributed by atoms with Gasteiger partial charge in [-0.2, -0.15) is 12.8 Å². The molecule has 0 bridgehead atoms. The summed E-state index contributed by atoms with van der Waals surface area (Å²) in [6.45, 7) is 14.2. The smallest absolute Gasteiger partial charge is 0.343 e. The Morgan fingerprint density at radius 2 is 0.725 bits per heavy atom. The molecular formula is C37H44P2Pt. The predicted octanol–water partition coefficient (Wildman–Crippen LogP) is 9.21. The Morgan fingerprint density at radius 3 is 0.900 bits per heavy atom. The third kappa shape index (κ3) is 14.0. The van der Waals surface area contributed by atoms with Gasteiger partial charge in [-0.1, -0.05) is 146 Å². The maximum Gasteiger partial charge on any atom is 2.00 e. The summed E-state index contributed by atoms with van der Waals surface area (Å²) >= 11 is 0. The Hall–Kier alpha value is -2.09. The Kier molecular flexibility index (Phi) is 21.2. The van der Waals surface area contributed by atoms with Crippen molar-refractivity contribution in [2.24, 2.45) is 0 Å². The fourth-order valence-electron chi connectivity index (χ4n) is 3.92. The summed E-state index contributed by atoms with van der Waals surface area (Å²) in [4.78, 5) is 0. The van der Waals surface area contributed by atoms with Crippen molar-refractivity contribution >= 4 is 37.1 Å². The number of unbranched alkanes of at least 4 members (excludes halogenated alkanes) is 2. The van der Waals surface area contributed by atoms with Crippen LogP contribution in [-0.2, 0) is 21.1 Å². The summed E-state index contributed by atoms with van der Waals surface area (Å²) in [6, 6.07) is 44.3. The molecule has 0 aliphatic carbocycles. The Bertz CT molecular complexity index is 960. The molecule has 0 aromatic heterocycles. The van der Waals surface area contributed by atoms with E-state index in [4.69, 9.17) is 0 Å². The van der Waals surface area contributed by atoms with E-state index in [-0.39, 0.29) is 36.9 Å². The quantitative estimate of drug-likeness (QED) is 0.0771. The van der Waals surface area contributed by atoms with Crippen molar-refractivity contribution in [2.45, 2.75) is 32.1 Å². The average molecular weight is 746 g/mol. The van der Waals surface area contributed by atoms with Crippen LogP contribution in [-0.4, -0.2) is 12.3 Å². The van der Waals surface area contributed by atoms with E-state index < -0.39 is 0 Å². The molecule has 0 saturated heterocycles. The molecule has 0 fully saturated rings. The van der Waals surface area contributed by atoms with Gasteiger partial charge in [-0.25, -0.2) is 0 Å². The predicted molar refractivity (Wildman–Crippen MR) is 182 cm³/mol. The molecule has 0 aliphatic rings. The normalized spacial score (nSPS) is 9.90. The van der Waals surface area contributed by atoms with Crippen LogP contribution in [0, 0.1) is 13.8 Å². The van der Waals surface area contributed by atoms with Crippen molar-refractivity contribution in [1.82, 2.24) is 0 Å². The van der Waals surface area contributed by atoms with Crippen molar-refractivity contribution < 1.29 is 21.1 Å². The largest absolute Gasteiger partial charge is 2.00 e. The van der Waals surface area contributed by atoms with Gasteiger partial charge < -0.3 is 13.8 Å². The van der Waals surface area contributed by atoms with Crippen LogP contribution < -0.4 is 21.2 Å². The van der Waals surface area contributed by atoms with Crippen molar-refractivity contribution in [1.29, 1.82) is 0 Å². The summed E-state index contributed by atoms with van der Waals surface area (Å²) in [5.74, 6) is 0. The first-order valence-corrected chi connectivity index (χ1v) is 16.9. The van der Waals surface area contributed by atoms with Gasteiger partial charge in [0.05, 0.1) is 0 Å². The molecule has 0 radical (unpaired) electrons. The average Bonchev–Trinajstić information content (AvgIpc) is 3.00. The second-order valence-electron chi connectivity index (χ2n) is 8.86. The van der Waals surface area contributed by atoms with E-state index in [1.807, 2.05) is 12.2 Å². The number of benzene rings is 4. The molecule has 0 unspecified atom stereocenters. The molecule has 0 atom stereocenters. The maximum atomic E-state index is 3.60. The molecule has 4 rings (SSSR count). The van der Waals surface area contributed by atoms with Gasteiger partial charge in [0.2, 0.25) is 0 Å². The molecule has 0 spiro atoms. The molecule has 3 heteroatoms. The van der Waals surface area contributed by atoms with Crippen LogP contribution in [0.1, 0.15) is 32.1 Å². The van der Waals surface area contributed by atoms with Crippen LogP contribution >= 0.6 is 15.8 Å². The monoisotopic (exact) mass is 745 g/mol.